The number of rotatable bonds is 6. The molecule has 1 aromatic heterocycles. The predicted octanol–water partition coefficient (Wildman–Crippen LogP) is 3.34. The Morgan fingerprint density at radius 3 is 2.14 bits per heavy atom. The summed E-state index contributed by atoms with van der Waals surface area (Å²) in [7, 11) is 5.76. The Morgan fingerprint density at radius 2 is 1.57 bits per heavy atom. The summed E-state index contributed by atoms with van der Waals surface area (Å²) in [5.74, 6) is -0.0711. The zero-order valence-electron chi connectivity index (χ0n) is 15.8. The van der Waals surface area contributed by atoms with Crippen molar-refractivity contribution in [2.24, 2.45) is 0 Å². The minimum absolute atomic E-state index is 0.00940. The van der Waals surface area contributed by atoms with Gasteiger partial charge in [-0.3, -0.25) is 0 Å². The first-order valence-electron chi connectivity index (χ1n) is 8.19. The third-order valence-electron chi connectivity index (χ3n) is 4.31. The molecular formula is C20H19NO7. The second-order valence-electron chi connectivity index (χ2n) is 5.79. The highest BCUT2D eigenvalue weighted by molar-refractivity contribution is 6.08. The molecule has 0 unspecified atom stereocenters. The number of aromatic carboxylic acids is 1. The smallest absolute Gasteiger partial charge is 0.336 e. The maximum absolute atomic E-state index is 12.0. The second-order valence-corrected chi connectivity index (χ2v) is 5.79. The minimum atomic E-state index is -1.15. The van der Waals surface area contributed by atoms with Crippen LogP contribution in [0.15, 0.2) is 30.3 Å². The highest BCUT2D eigenvalue weighted by Gasteiger charge is 2.23. The van der Waals surface area contributed by atoms with E-state index < -0.39 is 5.97 Å². The molecular weight excluding hydrogens is 366 g/mol. The normalized spacial score (nSPS) is 10.6. The number of phenolic OH excluding ortho intramolecular Hbond substituents is 1. The van der Waals surface area contributed by atoms with Crippen molar-refractivity contribution in [3.63, 3.8) is 0 Å². The molecule has 3 rings (SSSR count). The van der Waals surface area contributed by atoms with E-state index in [0.717, 1.165) is 0 Å². The van der Waals surface area contributed by atoms with Crippen molar-refractivity contribution in [3.05, 3.63) is 35.9 Å². The van der Waals surface area contributed by atoms with Gasteiger partial charge in [-0.05, 0) is 24.3 Å². The van der Waals surface area contributed by atoms with Gasteiger partial charge in [-0.25, -0.2) is 9.78 Å². The van der Waals surface area contributed by atoms with Crippen molar-refractivity contribution in [2.45, 2.75) is 0 Å². The van der Waals surface area contributed by atoms with Crippen molar-refractivity contribution in [2.75, 3.05) is 28.4 Å². The van der Waals surface area contributed by atoms with E-state index in [-0.39, 0.29) is 28.6 Å². The van der Waals surface area contributed by atoms with E-state index in [0.29, 0.717) is 27.9 Å². The Kier molecular flexibility index (Phi) is 5.12. The van der Waals surface area contributed by atoms with Gasteiger partial charge < -0.3 is 29.2 Å². The lowest BCUT2D eigenvalue weighted by molar-refractivity contribution is 0.0698. The molecule has 28 heavy (non-hydrogen) atoms. The first kappa shape index (κ1) is 19.1. The number of benzene rings is 2. The molecule has 0 saturated heterocycles. The number of fused-ring (bicyclic) bond motifs is 1. The minimum Gasteiger partial charge on any atom is -0.504 e. The van der Waals surface area contributed by atoms with Gasteiger partial charge in [0.05, 0.1) is 50.6 Å². The number of carboxylic acids is 1. The van der Waals surface area contributed by atoms with Crippen LogP contribution in [-0.2, 0) is 0 Å². The third-order valence-corrected chi connectivity index (χ3v) is 4.31. The summed E-state index contributed by atoms with van der Waals surface area (Å²) in [5, 5.41) is 19.9. The largest absolute Gasteiger partial charge is 0.504 e. The number of phenols is 1. The number of hydrogen-bond donors (Lipinski definition) is 2. The van der Waals surface area contributed by atoms with Gasteiger partial charge in [-0.1, -0.05) is 0 Å². The van der Waals surface area contributed by atoms with Gasteiger partial charge in [-0.2, -0.15) is 0 Å². The molecule has 2 N–H and O–H groups in total. The van der Waals surface area contributed by atoms with E-state index in [1.54, 1.807) is 18.2 Å². The predicted molar refractivity (Wildman–Crippen MR) is 102 cm³/mol. The Balaban J connectivity index is 2.38. The van der Waals surface area contributed by atoms with Crippen LogP contribution in [0.25, 0.3) is 22.2 Å². The molecule has 8 heteroatoms. The molecule has 0 spiro atoms. The van der Waals surface area contributed by atoms with Gasteiger partial charge >= 0.3 is 5.97 Å². The van der Waals surface area contributed by atoms with Crippen LogP contribution in [-0.4, -0.2) is 49.6 Å². The number of carbonyl (C=O) groups is 1. The lowest BCUT2D eigenvalue weighted by Crippen LogP contribution is -2.04. The standard InChI is InChI=1S/C20H19NO7/c1-25-15-7-10(5-6-14(15)22)12-8-11(20(23)24)17-13(21-12)9-16(26-2)18(27-3)19(17)28-4/h5-9,22H,1-4H3,(H,23,24). The van der Waals surface area contributed by atoms with E-state index in [1.807, 2.05) is 0 Å². The Hall–Kier alpha value is -3.68. The van der Waals surface area contributed by atoms with Crippen LogP contribution in [0, 0.1) is 0 Å². The number of carboxylic acid groups (broad SMARTS) is 1. The molecule has 0 aliphatic rings. The average molecular weight is 385 g/mol. The summed E-state index contributed by atoms with van der Waals surface area (Å²) >= 11 is 0. The van der Waals surface area contributed by atoms with E-state index >= 15 is 0 Å². The number of ether oxygens (including phenoxy) is 4. The van der Waals surface area contributed by atoms with Crippen LogP contribution in [0.5, 0.6) is 28.7 Å². The number of methoxy groups -OCH3 is 4. The first-order valence-corrected chi connectivity index (χ1v) is 8.19. The second kappa shape index (κ2) is 7.51. The average Bonchev–Trinajstić information content (AvgIpc) is 2.71. The SMILES string of the molecule is COc1cc(-c2cc(C(=O)O)c3c(OC)c(OC)c(OC)cc3n2)ccc1O. The lowest BCUT2D eigenvalue weighted by Gasteiger charge is -2.16. The van der Waals surface area contributed by atoms with E-state index in [2.05, 4.69) is 4.98 Å². The van der Waals surface area contributed by atoms with Crippen LogP contribution in [0.1, 0.15) is 10.4 Å². The molecule has 3 aromatic rings. The topological polar surface area (TPSA) is 107 Å². The summed E-state index contributed by atoms with van der Waals surface area (Å²) in [5.41, 5.74) is 1.31. The molecule has 0 aliphatic heterocycles. The fourth-order valence-electron chi connectivity index (χ4n) is 3.02. The molecule has 2 aromatic carbocycles. The number of nitrogens with zero attached hydrogens (tertiary/aromatic N) is 1. The van der Waals surface area contributed by atoms with Gasteiger partial charge in [-0.15, -0.1) is 0 Å². The Morgan fingerprint density at radius 1 is 0.893 bits per heavy atom. The van der Waals surface area contributed by atoms with Crippen molar-refractivity contribution >= 4 is 16.9 Å². The third kappa shape index (κ3) is 3.09. The van der Waals surface area contributed by atoms with Gasteiger partial charge in [0.1, 0.15) is 0 Å². The molecule has 0 fully saturated rings. The molecule has 0 aliphatic carbocycles. The summed E-state index contributed by atoms with van der Waals surface area (Å²) < 4.78 is 21.2. The molecule has 8 nitrogen and oxygen atoms in total. The maximum Gasteiger partial charge on any atom is 0.336 e. The van der Waals surface area contributed by atoms with Crippen LogP contribution in [0.3, 0.4) is 0 Å². The zero-order valence-corrected chi connectivity index (χ0v) is 15.8. The van der Waals surface area contributed by atoms with E-state index in [9.17, 15) is 15.0 Å². The Bertz CT molecular complexity index is 1060. The first-order chi connectivity index (χ1) is 13.4. The summed E-state index contributed by atoms with van der Waals surface area (Å²) in [6.45, 7) is 0. The van der Waals surface area contributed by atoms with Crippen molar-refractivity contribution < 1.29 is 34.0 Å². The molecule has 0 atom stereocenters. The van der Waals surface area contributed by atoms with Crippen LogP contribution in [0.2, 0.25) is 0 Å². The van der Waals surface area contributed by atoms with Crippen LogP contribution >= 0.6 is 0 Å². The molecule has 0 radical (unpaired) electrons. The number of aromatic nitrogens is 1. The van der Waals surface area contributed by atoms with Crippen molar-refractivity contribution in [3.8, 4) is 40.0 Å². The van der Waals surface area contributed by atoms with Crippen LogP contribution < -0.4 is 18.9 Å². The summed E-state index contributed by atoms with van der Waals surface area (Å²) in [4.78, 5) is 16.5. The van der Waals surface area contributed by atoms with Crippen molar-refractivity contribution in [1.82, 2.24) is 4.98 Å². The molecule has 146 valence electrons. The fraction of sp³-hybridized carbons (Fsp3) is 0.200. The lowest BCUT2D eigenvalue weighted by atomic mass is 10.0. The summed E-state index contributed by atoms with van der Waals surface area (Å²) in [6.07, 6.45) is 0. The molecule has 0 bridgehead atoms. The fourth-order valence-corrected chi connectivity index (χ4v) is 3.02. The summed E-state index contributed by atoms with van der Waals surface area (Å²) in [6, 6.07) is 7.67. The molecule has 1 heterocycles. The number of pyridine rings is 1. The van der Waals surface area contributed by atoms with Crippen LogP contribution in [0.4, 0.5) is 0 Å². The van der Waals surface area contributed by atoms with Gasteiger partial charge in [0.2, 0.25) is 5.75 Å². The Labute approximate surface area is 160 Å². The molecule has 0 saturated carbocycles. The quantitative estimate of drug-likeness (QED) is 0.665. The van der Waals surface area contributed by atoms with Crippen molar-refractivity contribution in [1.29, 1.82) is 0 Å². The highest BCUT2D eigenvalue weighted by atomic mass is 16.5. The van der Waals surface area contributed by atoms with Gasteiger partial charge in [0, 0.05) is 11.6 Å². The van der Waals surface area contributed by atoms with Gasteiger partial charge in [0.15, 0.2) is 23.0 Å². The maximum atomic E-state index is 12.0. The monoisotopic (exact) mass is 385 g/mol. The molecule has 0 amide bonds. The number of hydrogen-bond acceptors (Lipinski definition) is 7. The van der Waals surface area contributed by atoms with E-state index in [4.69, 9.17) is 18.9 Å². The zero-order chi connectivity index (χ0) is 20.4. The highest BCUT2D eigenvalue weighted by Crippen LogP contribution is 2.45. The number of aromatic hydroxyl groups is 1. The van der Waals surface area contributed by atoms with E-state index in [1.165, 1.54) is 40.6 Å². The van der Waals surface area contributed by atoms with Gasteiger partial charge in [0.25, 0.3) is 0 Å².